The number of anilines is 2. The summed E-state index contributed by atoms with van der Waals surface area (Å²) < 4.78 is 45.6. The fraction of sp³-hybridized carbons (Fsp3) is 0.268. The Morgan fingerprint density at radius 1 is 0.577 bits per heavy atom. The molecule has 0 aliphatic heterocycles. The molecule has 0 fully saturated rings. The molecular weight excluding hydrogens is 716 g/mol. The maximum atomic E-state index is 10.9. The third-order valence-corrected chi connectivity index (χ3v) is 8.97. The quantitative estimate of drug-likeness (QED) is 0.101. The van der Waals surface area contributed by atoms with Gasteiger partial charge in [-0.25, -0.2) is 8.42 Å². The lowest BCUT2D eigenvalue weighted by Gasteiger charge is -2.13. The van der Waals surface area contributed by atoms with Crippen LogP contribution in [0.25, 0.3) is 0 Å². The van der Waals surface area contributed by atoms with Gasteiger partial charge in [-0.3, -0.25) is 4.18 Å². The van der Waals surface area contributed by atoms with Gasteiger partial charge in [-0.15, -0.1) is 0 Å². The number of aliphatic hydroxyl groups is 1. The average molecular weight is 763 g/mol. The number of benzene rings is 5. The summed E-state index contributed by atoms with van der Waals surface area (Å²) in [6.07, 6.45) is 7.05. The van der Waals surface area contributed by atoms with Crippen molar-refractivity contribution in [2.24, 2.45) is 0 Å². The normalized spacial score (nSPS) is 14.7. The summed E-state index contributed by atoms with van der Waals surface area (Å²) in [5.74, 6) is 0. The molecule has 0 amide bonds. The topological polar surface area (TPSA) is 136 Å². The van der Waals surface area contributed by atoms with Crippen LogP contribution in [0.2, 0.25) is 0 Å². The van der Waals surface area contributed by atoms with Crippen LogP contribution >= 0.6 is 10.7 Å². The summed E-state index contributed by atoms with van der Waals surface area (Å²) in [5.41, 5.74) is 15.4. The molecule has 8 nitrogen and oxygen atoms in total. The number of fused-ring (bicyclic) bond motifs is 3. The second-order valence-electron chi connectivity index (χ2n) is 12.9. The highest BCUT2D eigenvalue weighted by atomic mass is 35.7. The SMILES string of the molecule is CS(=O)(=O)Cl.CS(=O)(=O)OC1Cc2ccccc2C1.Nc1ccccc1.OC1Cc2ccccc2C1.c1ccc(NC2Cc3ccccc3C2)cc1. The molecule has 11 heteroatoms. The number of nitrogens with two attached hydrogens (primary N) is 1. The number of para-hydroxylation sites is 2. The number of nitrogen functional groups attached to an aromatic ring is 1. The van der Waals surface area contributed by atoms with Gasteiger partial charge in [0.25, 0.3) is 10.1 Å². The molecule has 5 aromatic carbocycles. The molecule has 52 heavy (non-hydrogen) atoms. The van der Waals surface area contributed by atoms with Gasteiger partial charge in [0.05, 0.1) is 24.7 Å². The minimum absolute atomic E-state index is 0.127. The zero-order valence-electron chi connectivity index (χ0n) is 29.4. The number of hydrogen-bond donors (Lipinski definition) is 3. The van der Waals surface area contributed by atoms with Crippen molar-refractivity contribution in [1.82, 2.24) is 0 Å². The van der Waals surface area contributed by atoms with E-state index in [1.807, 2.05) is 66.7 Å². The molecule has 0 radical (unpaired) electrons. The van der Waals surface area contributed by atoms with Crippen LogP contribution in [0, 0.1) is 0 Å². The lowest BCUT2D eigenvalue weighted by atomic mass is 10.1. The third-order valence-electron chi connectivity index (χ3n) is 8.35. The van der Waals surface area contributed by atoms with Gasteiger partial charge in [0, 0.05) is 40.9 Å². The maximum Gasteiger partial charge on any atom is 0.264 e. The Kier molecular flexibility index (Phi) is 15.3. The summed E-state index contributed by atoms with van der Waals surface area (Å²) in [6.45, 7) is 0. The van der Waals surface area contributed by atoms with Crippen molar-refractivity contribution in [3.8, 4) is 0 Å². The minimum Gasteiger partial charge on any atom is -0.399 e. The molecule has 0 aromatic heterocycles. The number of nitrogens with one attached hydrogen (secondary N) is 1. The van der Waals surface area contributed by atoms with Crippen molar-refractivity contribution in [2.45, 2.75) is 56.8 Å². The molecule has 4 N–H and O–H groups in total. The lowest BCUT2D eigenvalue weighted by Crippen LogP contribution is -2.19. The molecule has 8 rings (SSSR count). The van der Waals surface area contributed by atoms with Crippen molar-refractivity contribution in [3.63, 3.8) is 0 Å². The predicted octanol–water partition coefficient (Wildman–Crippen LogP) is 7.00. The zero-order valence-corrected chi connectivity index (χ0v) is 31.8. The highest BCUT2D eigenvalue weighted by Crippen LogP contribution is 2.25. The molecule has 0 saturated carbocycles. The van der Waals surface area contributed by atoms with E-state index in [-0.39, 0.29) is 12.2 Å². The van der Waals surface area contributed by atoms with Crippen LogP contribution in [0.4, 0.5) is 11.4 Å². The van der Waals surface area contributed by atoms with E-state index in [0.29, 0.717) is 18.9 Å². The van der Waals surface area contributed by atoms with Crippen LogP contribution in [-0.2, 0) is 61.9 Å². The summed E-state index contributed by atoms with van der Waals surface area (Å²) in [6, 6.07) is 45.4. The van der Waals surface area contributed by atoms with Crippen molar-refractivity contribution in [3.05, 3.63) is 167 Å². The standard InChI is InChI=1S/C15H15N.C10H12O3S.C9H10O.C6H7N.CH3ClO2S/c1-2-8-14(9-3-1)16-15-10-12-6-4-5-7-13(12)11-15;1-14(11,12)13-10-6-8-4-2-3-5-9(8)7-10;10-9-5-7-3-1-2-4-8(7)6-9;7-6-4-2-1-3-5-6;1-5(2,3)4/h1-9,15-16H,10-11H2;2-5,10H,6-7H2,1H3;1-4,9-10H,5-6H2;1-5H,7H2;1H3. The Labute approximate surface area is 313 Å². The molecule has 0 unspecified atom stereocenters. The molecule has 0 atom stereocenters. The molecular formula is C41H47ClN2O6S2. The van der Waals surface area contributed by atoms with E-state index in [4.69, 9.17) is 9.92 Å². The van der Waals surface area contributed by atoms with Crippen LogP contribution in [0.1, 0.15) is 33.4 Å². The van der Waals surface area contributed by atoms with E-state index >= 15 is 0 Å². The van der Waals surface area contributed by atoms with Crippen molar-refractivity contribution >= 4 is 41.2 Å². The van der Waals surface area contributed by atoms with E-state index in [9.17, 15) is 21.9 Å². The smallest absolute Gasteiger partial charge is 0.264 e. The number of halogens is 1. The first-order chi connectivity index (χ1) is 24.7. The van der Waals surface area contributed by atoms with Gasteiger partial charge in [-0.05, 0) is 83.3 Å². The predicted molar refractivity (Wildman–Crippen MR) is 213 cm³/mol. The Hall–Kier alpha value is -4.19. The van der Waals surface area contributed by atoms with E-state index in [0.717, 1.165) is 43.9 Å². The first-order valence-corrected chi connectivity index (χ1v) is 21.5. The van der Waals surface area contributed by atoms with Crippen molar-refractivity contribution < 1.29 is 26.1 Å². The minimum atomic E-state index is -3.33. The first kappa shape index (κ1) is 40.6. The second kappa shape index (κ2) is 19.6. The van der Waals surface area contributed by atoms with Gasteiger partial charge in [-0.2, -0.15) is 8.42 Å². The van der Waals surface area contributed by atoms with Crippen LogP contribution in [-0.4, -0.2) is 52.7 Å². The fourth-order valence-electron chi connectivity index (χ4n) is 6.25. The first-order valence-electron chi connectivity index (χ1n) is 17.0. The molecule has 3 aliphatic carbocycles. The van der Waals surface area contributed by atoms with Gasteiger partial charge >= 0.3 is 0 Å². The van der Waals surface area contributed by atoms with Gasteiger partial charge in [0.2, 0.25) is 9.05 Å². The molecule has 0 bridgehead atoms. The van der Waals surface area contributed by atoms with Gasteiger partial charge in [0.1, 0.15) is 0 Å². The summed E-state index contributed by atoms with van der Waals surface area (Å²) in [7, 11) is -2.02. The van der Waals surface area contributed by atoms with Crippen molar-refractivity contribution in [2.75, 3.05) is 23.6 Å². The Morgan fingerprint density at radius 2 is 0.904 bits per heavy atom. The number of rotatable bonds is 4. The van der Waals surface area contributed by atoms with Crippen LogP contribution in [0.3, 0.4) is 0 Å². The Balaban J connectivity index is 0.000000154. The molecule has 0 spiro atoms. The van der Waals surface area contributed by atoms with Gasteiger partial charge < -0.3 is 16.2 Å². The number of hydrogen-bond acceptors (Lipinski definition) is 8. The summed E-state index contributed by atoms with van der Waals surface area (Å²) in [4.78, 5) is 0. The van der Waals surface area contributed by atoms with E-state index in [1.54, 1.807) is 0 Å². The molecule has 0 heterocycles. The van der Waals surface area contributed by atoms with E-state index in [1.165, 1.54) is 39.1 Å². The lowest BCUT2D eigenvalue weighted by molar-refractivity contribution is 0.187. The molecule has 276 valence electrons. The third kappa shape index (κ3) is 15.2. The van der Waals surface area contributed by atoms with Crippen molar-refractivity contribution in [1.29, 1.82) is 0 Å². The molecule has 0 saturated heterocycles. The summed E-state index contributed by atoms with van der Waals surface area (Å²) in [5, 5.41) is 12.8. The number of aliphatic hydroxyl groups excluding tert-OH is 1. The highest BCUT2D eigenvalue weighted by molar-refractivity contribution is 8.13. The van der Waals surface area contributed by atoms with Crippen LogP contribution in [0.5, 0.6) is 0 Å². The molecule has 5 aromatic rings. The fourth-order valence-corrected chi connectivity index (χ4v) is 6.88. The van der Waals surface area contributed by atoms with Gasteiger partial charge in [0.15, 0.2) is 0 Å². The molecule has 3 aliphatic rings. The van der Waals surface area contributed by atoms with Gasteiger partial charge in [-0.1, -0.05) is 109 Å². The zero-order chi connectivity index (χ0) is 37.6. The van der Waals surface area contributed by atoms with Crippen LogP contribution < -0.4 is 11.1 Å². The van der Waals surface area contributed by atoms with E-state index < -0.39 is 19.2 Å². The van der Waals surface area contributed by atoms with Crippen LogP contribution in [0.15, 0.2) is 133 Å². The monoisotopic (exact) mass is 762 g/mol. The average Bonchev–Trinajstić information content (AvgIpc) is 3.79. The largest absolute Gasteiger partial charge is 0.399 e. The Morgan fingerprint density at radius 3 is 1.25 bits per heavy atom. The summed E-state index contributed by atoms with van der Waals surface area (Å²) >= 11 is 0. The second-order valence-corrected chi connectivity index (χ2v) is 17.6. The van der Waals surface area contributed by atoms with E-state index in [2.05, 4.69) is 82.7 Å². The maximum absolute atomic E-state index is 10.9. The Bertz CT molecular complexity index is 1980. The highest BCUT2D eigenvalue weighted by Gasteiger charge is 2.24.